The van der Waals surface area contributed by atoms with E-state index >= 15 is 0 Å². The highest BCUT2D eigenvalue weighted by atomic mass is 35.5. The molecule has 0 saturated heterocycles. The summed E-state index contributed by atoms with van der Waals surface area (Å²) in [5, 5.41) is 28.4. The molecular formula is C12H14ClNO5S. The van der Waals surface area contributed by atoms with Gasteiger partial charge >= 0.3 is 5.97 Å². The van der Waals surface area contributed by atoms with Gasteiger partial charge in [0.15, 0.2) is 5.12 Å². The molecule has 0 fully saturated rings. The molecule has 0 aliphatic rings. The number of rotatable bonds is 6. The Hall–Kier alpha value is -1.15. The van der Waals surface area contributed by atoms with Crippen molar-refractivity contribution in [3.8, 4) is 0 Å². The van der Waals surface area contributed by atoms with E-state index in [1.165, 1.54) is 19.2 Å². The van der Waals surface area contributed by atoms with Gasteiger partial charge in [-0.15, -0.1) is 0 Å². The Labute approximate surface area is 124 Å². The molecule has 2 unspecified atom stereocenters. The van der Waals surface area contributed by atoms with Crippen LogP contribution in [0.4, 0.5) is 0 Å². The fourth-order valence-corrected chi connectivity index (χ4v) is 2.31. The number of hydrogen-bond acceptors (Lipinski definition) is 6. The Morgan fingerprint density at radius 1 is 1.45 bits per heavy atom. The summed E-state index contributed by atoms with van der Waals surface area (Å²) in [4.78, 5) is 25.3. The Kier molecular flexibility index (Phi) is 6.41. The topological polar surface area (TPSA) is 108 Å². The maximum atomic E-state index is 10.9. The van der Waals surface area contributed by atoms with Crippen molar-refractivity contribution in [2.24, 2.45) is 0 Å². The maximum Gasteiger partial charge on any atom is 0.338 e. The lowest BCUT2D eigenvalue weighted by molar-refractivity contribution is -0.109. The summed E-state index contributed by atoms with van der Waals surface area (Å²) in [5.74, 6) is -0.904. The number of aliphatic hydroxyl groups excluding tert-OH is 2. The fourth-order valence-electron chi connectivity index (χ4n) is 1.48. The Morgan fingerprint density at radius 3 is 2.65 bits per heavy atom. The number of carbonyl (C=O) groups excluding carboxylic acids is 1. The summed E-state index contributed by atoms with van der Waals surface area (Å²) >= 11 is 6.66. The number of halogens is 1. The van der Waals surface area contributed by atoms with Gasteiger partial charge in [0.05, 0.1) is 11.7 Å². The van der Waals surface area contributed by atoms with E-state index in [0.717, 1.165) is 11.8 Å². The Morgan fingerprint density at radius 2 is 2.10 bits per heavy atom. The first-order valence-electron chi connectivity index (χ1n) is 5.71. The highest BCUT2D eigenvalue weighted by Gasteiger charge is 2.21. The van der Waals surface area contributed by atoms with Crippen LogP contribution in [0.2, 0.25) is 5.15 Å². The van der Waals surface area contributed by atoms with Crippen LogP contribution < -0.4 is 0 Å². The molecule has 0 bridgehead atoms. The van der Waals surface area contributed by atoms with Gasteiger partial charge in [0.2, 0.25) is 0 Å². The molecule has 0 spiro atoms. The molecule has 2 atom stereocenters. The summed E-state index contributed by atoms with van der Waals surface area (Å²) in [6.07, 6.45) is -1.01. The van der Waals surface area contributed by atoms with E-state index in [1.54, 1.807) is 0 Å². The minimum absolute atomic E-state index is 0.0759. The van der Waals surface area contributed by atoms with E-state index in [2.05, 4.69) is 4.98 Å². The molecule has 20 heavy (non-hydrogen) atoms. The molecule has 1 aromatic heterocycles. The summed E-state index contributed by atoms with van der Waals surface area (Å²) in [7, 11) is 0. The van der Waals surface area contributed by atoms with Crippen molar-refractivity contribution in [1.29, 1.82) is 0 Å². The van der Waals surface area contributed by atoms with Gasteiger partial charge in [-0.1, -0.05) is 23.4 Å². The second-order valence-electron chi connectivity index (χ2n) is 4.05. The van der Waals surface area contributed by atoms with E-state index in [4.69, 9.17) is 16.7 Å². The highest BCUT2D eigenvalue weighted by Crippen LogP contribution is 2.23. The molecular weight excluding hydrogens is 306 g/mol. The first-order valence-corrected chi connectivity index (χ1v) is 7.07. The Balaban J connectivity index is 2.76. The molecule has 0 saturated carbocycles. The molecule has 0 aliphatic heterocycles. The van der Waals surface area contributed by atoms with Gasteiger partial charge in [-0.2, -0.15) is 0 Å². The summed E-state index contributed by atoms with van der Waals surface area (Å²) in [6.45, 7) is 1.41. The minimum Gasteiger partial charge on any atom is -0.478 e. The van der Waals surface area contributed by atoms with Crippen molar-refractivity contribution in [1.82, 2.24) is 4.98 Å². The zero-order chi connectivity index (χ0) is 15.3. The van der Waals surface area contributed by atoms with Crippen LogP contribution >= 0.6 is 23.4 Å². The van der Waals surface area contributed by atoms with E-state index in [9.17, 15) is 19.8 Å². The number of hydrogen-bond donors (Lipinski definition) is 3. The number of carboxylic acid groups (broad SMARTS) is 1. The molecule has 110 valence electrons. The fraction of sp³-hybridized carbons (Fsp3) is 0.417. The number of pyridine rings is 1. The first kappa shape index (κ1) is 16.9. The van der Waals surface area contributed by atoms with E-state index in [-0.39, 0.29) is 27.8 Å². The van der Waals surface area contributed by atoms with Crippen LogP contribution in [0.3, 0.4) is 0 Å². The van der Waals surface area contributed by atoms with Crippen LogP contribution in [-0.4, -0.2) is 43.2 Å². The van der Waals surface area contributed by atoms with Crippen LogP contribution in [0.5, 0.6) is 0 Å². The molecule has 1 rings (SSSR count). The predicted molar refractivity (Wildman–Crippen MR) is 74.9 cm³/mol. The van der Waals surface area contributed by atoms with Gasteiger partial charge in [0, 0.05) is 24.4 Å². The zero-order valence-electron chi connectivity index (χ0n) is 10.6. The monoisotopic (exact) mass is 319 g/mol. The normalized spacial score (nSPS) is 13.8. The van der Waals surface area contributed by atoms with Crippen molar-refractivity contribution in [3.63, 3.8) is 0 Å². The van der Waals surface area contributed by atoms with Gasteiger partial charge in [0.1, 0.15) is 11.3 Å². The number of aliphatic hydroxyl groups is 2. The number of carboxylic acids is 1. The molecule has 0 aliphatic carbocycles. The number of carbonyl (C=O) groups is 2. The molecule has 6 nitrogen and oxygen atoms in total. The lowest BCUT2D eigenvalue weighted by atomic mass is 10.0. The van der Waals surface area contributed by atoms with Gasteiger partial charge < -0.3 is 15.3 Å². The quantitative estimate of drug-likeness (QED) is 0.682. The van der Waals surface area contributed by atoms with E-state index in [1.807, 2.05) is 0 Å². The molecule has 0 radical (unpaired) electrons. The van der Waals surface area contributed by atoms with Crippen molar-refractivity contribution >= 4 is 34.4 Å². The van der Waals surface area contributed by atoms with Crippen LogP contribution in [0, 0.1) is 0 Å². The Bertz CT molecular complexity index is 511. The number of thioether (sulfide) groups is 1. The van der Waals surface area contributed by atoms with Gasteiger partial charge in [-0.3, -0.25) is 4.79 Å². The number of aromatic nitrogens is 1. The standard InChI is InChI=1S/C12H14ClNO5S/c1-6(15)20-3-2-9(16)10(17)7-4-8(12(18)19)11(13)14-5-7/h4-5,9-10,16-17H,2-3H2,1H3,(H,18,19). The largest absolute Gasteiger partial charge is 0.478 e. The lowest BCUT2D eigenvalue weighted by Gasteiger charge is -2.18. The molecule has 0 aromatic carbocycles. The molecule has 1 heterocycles. The SMILES string of the molecule is CC(=O)SCCC(O)C(O)c1cnc(Cl)c(C(=O)O)c1. The predicted octanol–water partition coefficient (Wildman–Crippen LogP) is 1.50. The molecule has 3 N–H and O–H groups in total. The van der Waals surface area contributed by atoms with E-state index < -0.39 is 18.2 Å². The van der Waals surface area contributed by atoms with Gasteiger partial charge in [-0.25, -0.2) is 9.78 Å². The van der Waals surface area contributed by atoms with Crippen molar-refractivity contribution in [2.75, 3.05) is 5.75 Å². The lowest BCUT2D eigenvalue weighted by Crippen LogP contribution is -2.20. The van der Waals surface area contributed by atoms with Crippen molar-refractivity contribution < 1.29 is 24.9 Å². The highest BCUT2D eigenvalue weighted by molar-refractivity contribution is 8.13. The maximum absolute atomic E-state index is 10.9. The number of nitrogens with zero attached hydrogens (tertiary/aromatic N) is 1. The molecule has 0 amide bonds. The summed E-state index contributed by atoms with van der Waals surface area (Å²) in [6, 6.07) is 1.17. The zero-order valence-corrected chi connectivity index (χ0v) is 12.2. The summed E-state index contributed by atoms with van der Waals surface area (Å²) < 4.78 is 0. The molecule has 8 heteroatoms. The van der Waals surface area contributed by atoms with Crippen molar-refractivity contribution in [2.45, 2.75) is 25.6 Å². The third-order valence-electron chi connectivity index (χ3n) is 2.52. The third-order valence-corrected chi connectivity index (χ3v) is 3.66. The van der Waals surface area contributed by atoms with Crippen LogP contribution in [0.1, 0.15) is 35.4 Å². The van der Waals surface area contributed by atoms with Crippen molar-refractivity contribution in [3.05, 3.63) is 28.5 Å². The van der Waals surface area contributed by atoms with E-state index in [0.29, 0.717) is 5.75 Å². The number of aromatic carboxylic acids is 1. The molecule has 1 aromatic rings. The second-order valence-corrected chi connectivity index (χ2v) is 5.68. The first-order chi connectivity index (χ1) is 9.32. The van der Waals surface area contributed by atoms with Crippen LogP contribution in [0.25, 0.3) is 0 Å². The third kappa shape index (κ3) is 4.75. The van der Waals surface area contributed by atoms with Crippen LogP contribution in [-0.2, 0) is 4.79 Å². The van der Waals surface area contributed by atoms with Crippen LogP contribution in [0.15, 0.2) is 12.3 Å². The summed E-state index contributed by atoms with van der Waals surface area (Å²) in [5.41, 5.74) is -0.0827. The smallest absolute Gasteiger partial charge is 0.338 e. The average Bonchev–Trinajstić information content (AvgIpc) is 2.37. The minimum atomic E-state index is -1.29. The van der Waals surface area contributed by atoms with Gasteiger partial charge in [-0.05, 0) is 12.5 Å². The average molecular weight is 320 g/mol. The van der Waals surface area contributed by atoms with Gasteiger partial charge in [0.25, 0.3) is 0 Å². The second kappa shape index (κ2) is 7.58.